The number of halogens is 2. The van der Waals surface area contributed by atoms with E-state index in [-0.39, 0.29) is 41.4 Å². The van der Waals surface area contributed by atoms with E-state index in [0.29, 0.717) is 11.3 Å². The monoisotopic (exact) mass is 390 g/mol. The third kappa shape index (κ3) is 4.04. The summed E-state index contributed by atoms with van der Waals surface area (Å²) in [6, 6.07) is 4.65. The van der Waals surface area contributed by atoms with Crippen molar-refractivity contribution in [3.05, 3.63) is 50.7 Å². The second-order valence-corrected chi connectivity index (χ2v) is 6.81. The maximum absolute atomic E-state index is 13.4. The van der Waals surface area contributed by atoms with Crippen LogP contribution in [0.2, 0.25) is 0 Å². The van der Waals surface area contributed by atoms with Crippen LogP contribution in [0, 0.1) is 33.8 Å². The number of aromatic amines is 1. The van der Waals surface area contributed by atoms with E-state index in [0.717, 1.165) is 12.1 Å². The molecule has 3 rings (SSSR count). The summed E-state index contributed by atoms with van der Waals surface area (Å²) < 4.78 is 27.3. The molecule has 1 amide bonds. The first-order valence-corrected chi connectivity index (χ1v) is 8.65. The summed E-state index contributed by atoms with van der Waals surface area (Å²) in [5.41, 5.74) is -0.319. The highest BCUT2D eigenvalue weighted by molar-refractivity contribution is 5.82. The van der Waals surface area contributed by atoms with E-state index >= 15 is 0 Å². The third-order valence-corrected chi connectivity index (χ3v) is 4.81. The van der Waals surface area contributed by atoms with Gasteiger partial charge in [0, 0.05) is 39.3 Å². The molecule has 0 bridgehead atoms. The number of carbonyl (C=O) groups excluding carboxylic acids is 1. The largest absolute Gasteiger partial charge is 0.353 e. The molecule has 1 aliphatic rings. The zero-order valence-electron chi connectivity index (χ0n) is 15.0. The topological polar surface area (TPSA) is 118 Å². The van der Waals surface area contributed by atoms with Crippen LogP contribution in [-0.4, -0.2) is 40.9 Å². The summed E-state index contributed by atoms with van der Waals surface area (Å²) >= 11 is 0. The van der Waals surface area contributed by atoms with Crippen molar-refractivity contribution in [3.8, 4) is 6.07 Å². The number of pyridine rings is 1. The maximum Gasteiger partial charge on any atom is 0.341 e. The fourth-order valence-corrected chi connectivity index (χ4v) is 3.18. The van der Waals surface area contributed by atoms with Crippen LogP contribution in [0.5, 0.6) is 0 Å². The van der Waals surface area contributed by atoms with Crippen LogP contribution in [0.4, 0.5) is 8.78 Å². The molecule has 10 heteroatoms. The van der Waals surface area contributed by atoms with E-state index in [1.165, 1.54) is 6.07 Å². The Hall–Kier alpha value is -3.19. The van der Waals surface area contributed by atoms with Crippen molar-refractivity contribution < 1.29 is 18.3 Å². The molecule has 146 valence electrons. The van der Waals surface area contributed by atoms with E-state index in [1.54, 1.807) is 6.92 Å². The lowest BCUT2D eigenvalue weighted by molar-refractivity contribution is -0.594. The molecule has 1 fully saturated rings. The molecule has 0 aliphatic carbocycles. The number of benzene rings is 1. The van der Waals surface area contributed by atoms with Gasteiger partial charge < -0.3 is 10.3 Å². The number of rotatable bonds is 4. The lowest BCUT2D eigenvalue weighted by atomic mass is 9.98. The summed E-state index contributed by atoms with van der Waals surface area (Å²) in [6.45, 7) is 2.21. The Labute approximate surface area is 158 Å². The van der Waals surface area contributed by atoms with Crippen LogP contribution < -0.4 is 16.2 Å². The van der Waals surface area contributed by atoms with E-state index < -0.39 is 29.3 Å². The zero-order chi connectivity index (χ0) is 20.4. The minimum atomic E-state index is -1.07. The number of hydrogen-bond acceptors (Lipinski definition) is 5. The van der Waals surface area contributed by atoms with E-state index in [2.05, 4.69) is 15.6 Å². The molecule has 1 aromatic heterocycles. The molecule has 2 heterocycles. The summed E-state index contributed by atoms with van der Waals surface area (Å²) in [5.74, 6) is -2.78. The van der Waals surface area contributed by atoms with Crippen LogP contribution in [0.1, 0.15) is 12.5 Å². The highest BCUT2D eigenvalue weighted by Gasteiger charge is 2.37. The number of nitrogens with zero attached hydrogens (tertiary/aromatic N) is 2. The van der Waals surface area contributed by atoms with Gasteiger partial charge in [-0.25, -0.2) is 14.1 Å². The summed E-state index contributed by atoms with van der Waals surface area (Å²) in [5, 5.41) is 14.6. The molecule has 2 aromatic rings. The van der Waals surface area contributed by atoms with Gasteiger partial charge in [0.2, 0.25) is 12.5 Å². The van der Waals surface area contributed by atoms with Crippen molar-refractivity contribution in [2.75, 3.05) is 13.1 Å². The molecule has 3 N–H and O–H groups in total. The second-order valence-electron chi connectivity index (χ2n) is 6.81. The number of fused-ring (bicyclic) bond motifs is 1. The number of hydrogen-bond donors (Lipinski definition) is 3. The van der Waals surface area contributed by atoms with Gasteiger partial charge in [0.05, 0.1) is 17.9 Å². The summed E-state index contributed by atoms with van der Waals surface area (Å²) in [6.07, 6.45) is -1.16. The second kappa shape index (κ2) is 7.82. The minimum Gasteiger partial charge on any atom is -0.353 e. The number of nitriles is 1. The maximum atomic E-state index is 13.4. The molecule has 3 atom stereocenters. The predicted octanol–water partition coefficient (Wildman–Crippen LogP) is 0.701. The number of carbonyl (C=O) groups is 1. The normalized spacial score (nSPS) is 20.6. The van der Waals surface area contributed by atoms with Gasteiger partial charge in [-0.1, -0.05) is 0 Å². The number of aromatic nitrogens is 1. The number of amides is 1. The van der Waals surface area contributed by atoms with Crippen molar-refractivity contribution in [1.29, 1.82) is 5.26 Å². The number of nitrogens with one attached hydrogen (secondary N) is 3. The molecule has 2 unspecified atom stereocenters. The van der Waals surface area contributed by atoms with Crippen molar-refractivity contribution >= 4 is 16.8 Å². The average Bonchev–Trinajstić information content (AvgIpc) is 2.64. The van der Waals surface area contributed by atoms with Crippen molar-refractivity contribution in [2.45, 2.75) is 25.6 Å². The van der Waals surface area contributed by atoms with Crippen LogP contribution in [0.15, 0.2) is 23.0 Å². The average molecular weight is 390 g/mol. The number of nitroso groups, excluding NO2 is 1. The Morgan fingerprint density at radius 3 is 2.79 bits per heavy atom. The molecular formula is C18H18F2N5O3+. The Balaban J connectivity index is 1.68. The van der Waals surface area contributed by atoms with Crippen molar-refractivity contribution in [1.82, 2.24) is 15.6 Å². The molecule has 1 saturated heterocycles. The highest BCUT2D eigenvalue weighted by Crippen LogP contribution is 2.16. The molecule has 28 heavy (non-hydrogen) atoms. The molecule has 0 spiro atoms. The van der Waals surface area contributed by atoms with E-state index in [1.807, 2.05) is 6.07 Å². The van der Waals surface area contributed by atoms with Gasteiger partial charge in [0.25, 0.3) is 5.56 Å². The quantitative estimate of drug-likeness (QED) is 0.665. The molecule has 0 saturated carbocycles. The molecule has 8 nitrogen and oxygen atoms in total. The minimum absolute atomic E-state index is 0.0913. The Kier molecular flexibility index (Phi) is 5.46. The molecule has 1 aliphatic heterocycles. The summed E-state index contributed by atoms with van der Waals surface area (Å²) in [4.78, 5) is 38.6. The van der Waals surface area contributed by atoms with Crippen LogP contribution in [-0.2, 0) is 11.2 Å². The molecule has 0 radical (unpaired) electrons. The Morgan fingerprint density at radius 1 is 1.39 bits per heavy atom. The van der Waals surface area contributed by atoms with E-state index in [9.17, 15) is 23.3 Å². The fourth-order valence-electron chi connectivity index (χ4n) is 3.18. The molecule has 1 aromatic carbocycles. The van der Waals surface area contributed by atoms with Crippen LogP contribution in [0.3, 0.4) is 0 Å². The smallest absolute Gasteiger partial charge is 0.341 e. The van der Waals surface area contributed by atoms with Gasteiger partial charge >= 0.3 is 6.17 Å². The Bertz CT molecular complexity index is 1050. The standard InChI is InChI=1S/C18H17F2N5O3/c1-9(12-7-22-16(6-21)25(28)8-12)23-17(26)4-11-2-10-3-13(19)14(20)5-15(10)24-18(11)27/h2-3,5,9,12,16,22H,4,7-8H2,1H3,(H-,23,24,26,27)/p+1/t9-,12?,16?/m1/s1. The van der Waals surface area contributed by atoms with Gasteiger partial charge in [-0.05, 0) is 19.1 Å². The van der Waals surface area contributed by atoms with Gasteiger partial charge in [0.1, 0.15) is 0 Å². The van der Waals surface area contributed by atoms with Crippen LogP contribution >= 0.6 is 0 Å². The van der Waals surface area contributed by atoms with Gasteiger partial charge in [0.15, 0.2) is 17.7 Å². The van der Waals surface area contributed by atoms with Gasteiger partial charge in [-0.3, -0.25) is 9.59 Å². The van der Waals surface area contributed by atoms with Gasteiger partial charge in [-0.2, -0.15) is 5.26 Å². The predicted molar refractivity (Wildman–Crippen MR) is 95.2 cm³/mol. The van der Waals surface area contributed by atoms with Gasteiger partial charge in [-0.15, -0.1) is 0 Å². The molecular weight excluding hydrogens is 372 g/mol. The first-order chi connectivity index (χ1) is 13.3. The first kappa shape index (κ1) is 19.6. The fraction of sp³-hybridized carbons (Fsp3) is 0.389. The Morgan fingerprint density at radius 2 is 2.11 bits per heavy atom. The van der Waals surface area contributed by atoms with Crippen molar-refractivity contribution in [2.24, 2.45) is 5.92 Å². The lowest BCUT2D eigenvalue weighted by Crippen LogP contribution is -2.54. The third-order valence-electron chi connectivity index (χ3n) is 4.81. The zero-order valence-corrected chi connectivity index (χ0v) is 15.0. The highest BCUT2D eigenvalue weighted by atomic mass is 19.2. The first-order valence-electron chi connectivity index (χ1n) is 8.65. The number of H-pyrrole nitrogens is 1. The van der Waals surface area contributed by atoms with Crippen LogP contribution in [0.25, 0.3) is 10.9 Å². The SMILES string of the molecule is C[C@@H](NC(=O)Cc1cc2cc(F)c(F)cc2[nH]c1=O)C1CNC(C#N)[N+](=O)C1. The van der Waals surface area contributed by atoms with Crippen molar-refractivity contribution in [3.63, 3.8) is 0 Å². The lowest BCUT2D eigenvalue weighted by Gasteiger charge is -2.26. The van der Waals surface area contributed by atoms with E-state index in [4.69, 9.17) is 5.26 Å². The summed E-state index contributed by atoms with van der Waals surface area (Å²) in [7, 11) is 0.